The molecule has 2 fully saturated rings. The highest BCUT2D eigenvalue weighted by Crippen LogP contribution is 2.35. The van der Waals surface area contributed by atoms with E-state index in [1.807, 2.05) is 0 Å². The van der Waals surface area contributed by atoms with Crippen molar-refractivity contribution in [3.05, 3.63) is 0 Å². The second kappa shape index (κ2) is 7.39. The van der Waals surface area contributed by atoms with Gasteiger partial charge in [-0.25, -0.2) is 0 Å². The zero-order chi connectivity index (χ0) is 13.7. The minimum atomic E-state index is 0.278. The molecule has 3 nitrogen and oxygen atoms in total. The summed E-state index contributed by atoms with van der Waals surface area (Å²) in [5, 5.41) is 0. The molecule has 2 unspecified atom stereocenters. The SMILES string of the molecule is COCCN(CC1CCCCCC1=O)C(C)C1CC1. The van der Waals surface area contributed by atoms with Gasteiger partial charge in [0.25, 0.3) is 0 Å². The Morgan fingerprint density at radius 1 is 1.26 bits per heavy atom. The van der Waals surface area contributed by atoms with E-state index in [0.29, 0.717) is 11.8 Å². The summed E-state index contributed by atoms with van der Waals surface area (Å²) in [6.45, 7) is 5.03. The lowest BCUT2D eigenvalue weighted by molar-refractivity contribution is -0.123. The molecule has 0 aromatic carbocycles. The fourth-order valence-electron chi connectivity index (χ4n) is 3.25. The van der Waals surface area contributed by atoms with Crippen LogP contribution < -0.4 is 0 Å². The number of Topliss-reactive ketones (excluding diaryl/α,β-unsaturated/α-hetero) is 1. The molecular weight excluding hydrogens is 238 g/mol. The van der Waals surface area contributed by atoms with Crippen LogP contribution in [0.3, 0.4) is 0 Å². The molecule has 2 aliphatic carbocycles. The quantitative estimate of drug-likeness (QED) is 0.664. The Morgan fingerprint density at radius 2 is 2.05 bits per heavy atom. The lowest BCUT2D eigenvalue weighted by Crippen LogP contribution is -2.42. The largest absolute Gasteiger partial charge is 0.383 e. The maximum Gasteiger partial charge on any atom is 0.137 e. The molecule has 0 amide bonds. The second-order valence-electron chi connectivity index (χ2n) is 6.33. The third-order valence-corrected chi connectivity index (χ3v) is 4.85. The van der Waals surface area contributed by atoms with E-state index < -0.39 is 0 Å². The Bertz CT molecular complexity index is 288. The van der Waals surface area contributed by atoms with Crippen LogP contribution in [0, 0.1) is 11.8 Å². The summed E-state index contributed by atoms with van der Waals surface area (Å²) in [7, 11) is 1.76. The van der Waals surface area contributed by atoms with Crippen LogP contribution in [0.15, 0.2) is 0 Å². The van der Waals surface area contributed by atoms with Crippen molar-refractivity contribution in [3.63, 3.8) is 0 Å². The summed E-state index contributed by atoms with van der Waals surface area (Å²) < 4.78 is 5.24. The smallest absolute Gasteiger partial charge is 0.137 e. The van der Waals surface area contributed by atoms with Gasteiger partial charge < -0.3 is 4.74 Å². The number of hydrogen-bond acceptors (Lipinski definition) is 3. The van der Waals surface area contributed by atoms with Crippen LogP contribution in [-0.4, -0.2) is 43.5 Å². The molecular formula is C16H29NO2. The van der Waals surface area contributed by atoms with Crippen molar-refractivity contribution in [2.45, 2.75) is 57.9 Å². The van der Waals surface area contributed by atoms with Crippen LogP contribution in [0.2, 0.25) is 0 Å². The Morgan fingerprint density at radius 3 is 2.74 bits per heavy atom. The van der Waals surface area contributed by atoms with Crippen LogP contribution in [0.25, 0.3) is 0 Å². The van der Waals surface area contributed by atoms with Crippen LogP contribution >= 0.6 is 0 Å². The molecule has 0 heterocycles. The molecule has 2 saturated carbocycles. The Hall–Kier alpha value is -0.410. The van der Waals surface area contributed by atoms with Crippen molar-refractivity contribution in [1.82, 2.24) is 4.90 Å². The van der Waals surface area contributed by atoms with E-state index in [4.69, 9.17) is 4.74 Å². The predicted molar refractivity (Wildman–Crippen MR) is 77.2 cm³/mol. The standard InChI is InChI=1S/C16H29NO2/c1-13(14-8-9-14)17(10-11-19-2)12-15-6-4-3-5-7-16(15)18/h13-15H,3-12H2,1-2H3. The van der Waals surface area contributed by atoms with Gasteiger partial charge >= 0.3 is 0 Å². The average Bonchev–Trinajstić information content (AvgIpc) is 3.23. The van der Waals surface area contributed by atoms with Crippen LogP contribution in [0.4, 0.5) is 0 Å². The highest BCUT2D eigenvalue weighted by molar-refractivity contribution is 5.81. The maximum absolute atomic E-state index is 12.2. The Kier molecular flexibility index (Phi) is 5.83. The first-order valence-electron chi connectivity index (χ1n) is 7.98. The minimum absolute atomic E-state index is 0.278. The van der Waals surface area contributed by atoms with E-state index in [1.165, 1.54) is 25.7 Å². The van der Waals surface area contributed by atoms with Gasteiger partial charge in [0.1, 0.15) is 5.78 Å². The van der Waals surface area contributed by atoms with Crippen LogP contribution in [0.1, 0.15) is 51.9 Å². The summed E-state index contributed by atoms with van der Waals surface area (Å²) in [5.41, 5.74) is 0. The van der Waals surface area contributed by atoms with Crippen molar-refractivity contribution in [3.8, 4) is 0 Å². The number of ether oxygens (including phenoxy) is 1. The molecule has 2 rings (SSSR count). The molecule has 0 N–H and O–H groups in total. The molecule has 3 heteroatoms. The first-order valence-corrected chi connectivity index (χ1v) is 7.98. The first kappa shape index (κ1) is 15.0. The lowest BCUT2D eigenvalue weighted by atomic mass is 9.97. The van der Waals surface area contributed by atoms with Crippen molar-refractivity contribution in [2.24, 2.45) is 11.8 Å². The fourth-order valence-corrected chi connectivity index (χ4v) is 3.25. The van der Waals surface area contributed by atoms with Gasteiger partial charge in [0.05, 0.1) is 6.61 Å². The van der Waals surface area contributed by atoms with Gasteiger partial charge in [-0.3, -0.25) is 9.69 Å². The van der Waals surface area contributed by atoms with E-state index in [2.05, 4.69) is 11.8 Å². The van der Waals surface area contributed by atoms with Gasteiger partial charge in [0.15, 0.2) is 0 Å². The average molecular weight is 267 g/mol. The molecule has 19 heavy (non-hydrogen) atoms. The zero-order valence-electron chi connectivity index (χ0n) is 12.6. The summed E-state index contributed by atoms with van der Waals surface area (Å²) in [6.07, 6.45) is 8.20. The monoisotopic (exact) mass is 267 g/mol. The number of methoxy groups -OCH3 is 1. The van der Waals surface area contributed by atoms with Gasteiger partial charge in [-0.2, -0.15) is 0 Å². The third kappa shape index (κ3) is 4.57. The van der Waals surface area contributed by atoms with Crippen molar-refractivity contribution in [2.75, 3.05) is 26.8 Å². The van der Waals surface area contributed by atoms with Gasteiger partial charge in [0, 0.05) is 38.6 Å². The van der Waals surface area contributed by atoms with E-state index >= 15 is 0 Å². The number of carbonyl (C=O) groups is 1. The normalized spacial score (nSPS) is 26.5. The van der Waals surface area contributed by atoms with Gasteiger partial charge in [0.2, 0.25) is 0 Å². The highest BCUT2D eigenvalue weighted by Gasteiger charge is 2.33. The number of rotatable bonds is 7. The van der Waals surface area contributed by atoms with Gasteiger partial charge in [-0.1, -0.05) is 12.8 Å². The lowest BCUT2D eigenvalue weighted by Gasteiger charge is -2.31. The summed E-state index contributed by atoms with van der Waals surface area (Å²) in [4.78, 5) is 14.7. The number of carbonyl (C=O) groups excluding carboxylic acids is 1. The van der Waals surface area contributed by atoms with E-state index in [1.54, 1.807) is 7.11 Å². The molecule has 0 radical (unpaired) electrons. The second-order valence-corrected chi connectivity index (χ2v) is 6.33. The van der Waals surface area contributed by atoms with E-state index in [9.17, 15) is 4.79 Å². The summed E-state index contributed by atoms with van der Waals surface area (Å²) in [5.74, 6) is 1.64. The molecule has 0 saturated heterocycles. The molecule has 110 valence electrons. The minimum Gasteiger partial charge on any atom is -0.383 e. The molecule has 0 aromatic rings. The first-order chi connectivity index (χ1) is 9.22. The van der Waals surface area contributed by atoms with Crippen molar-refractivity contribution in [1.29, 1.82) is 0 Å². The van der Waals surface area contributed by atoms with Crippen molar-refractivity contribution >= 4 is 5.78 Å². The number of ketones is 1. The van der Waals surface area contributed by atoms with Gasteiger partial charge in [-0.05, 0) is 38.5 Å². The molecule has 2 atom stereocenters. The van der Waals surface area contributed by atoms with Gasteiger partial charge in [-0.15, -0.1) is 0 Å². The zero-order valence-corrected chi connectivity index (χ0v) is 12.6. The molecule has 0 aliphatic heterocycles. The van der Waals surface area contributed by atoms with Crippen LogP contribution in [-0.2, 0) is 9.53 Å². The molecule has 0 aromatic heterocycles. The Balaban J connectivity index is 1.90. The molecule has 2 aliphatic rings. The summed E-state index contributed by atoms with van der Waals surface area (Å²) in [6, 6.07) is 0.617. The van der Waals surface area contributed by atoms with Crippen molar-refractivity contribution < 1.29 is 9.53 Å². The van der Waals surface area contributed by atoms with E-state index in [0.717, 1.165) is 44.9 Å². The highest BCUT2D eigenvalue weighted by atomic mass is 16.5. The van der Waals surface area contributed by atoms with E-state index in [-0.39, 0.29) is 5.92 Å². The third-order valence-electron chi connectivity index (χ3n) is 4.85. The molecule has 0 bridgehead atoms. The summed E-state index contributed by atoms with van der Waals surface area (Å²) >= 11 is 0. The number of nitrogens with zero attached hydrogens (tertiary/aromatic N) is 1. The molecule has 0 spiro atoms. The predicted octanol–water partition coefficient (Wildman–Crippen LogP) is 2.88. The maximum atomic E-state index is 12.2. The Labute approximate surface area is 117 Å². The fraction of sp³-hybridized carbons (Fsp3) is 0.938. The van der Waals surface area contributed by atoms with Crippen LogP contribution in [0.5, 0.6) is 0 Å². The number of hydrogen-bond donors (Lipinski definition) is 0. The topological polar surface area (TPSA) is 29.5 Å².